The molecule has 2 amide bonds. The van der Waals surface area contributed by atoms with Gasteiger partial charge in [-0.3, -0.25) is 0 Å². The van der Waals surface area contributed by atoms with Gasteiger partial charge in [0, 0.05) is 18.7 Å². The SMILES string of the molecule is CCC1(c2ccccc2OC)NCCN(C(N)=O)C1(C)C. The molecule has 1 aliphatic rings. The average molecular weight is 291 g/mol. The summed E-state index contributed by atoms with van der Waals surface area (Å²) in [6.07, 6.45) is 0.824. The number of nitrogens with two attached hydrogens (primary N) is 1. The number of nitrogens with one attached hydrogen (secondary N) is 1. The minimum atomic E-state index is -0.458. The summed E-state index contributed by atoms with van der Waals surface area (Å²) in [5, 5.41) is 3.62. The van der Waals surface area contributed by atoms with Crippen LogP contribution in [0.5, 0.6) is 5.75 Å². The summed E-state index contributed by atoms with van der Waals surface area (Å²) in [6, 6.07) is 7.58. The zero-order valence-electron chi connectivity index (χ0n) is 13.3. The van der Waals surface area contributed by atoms with Gasteiger partial charge < -0.3 is 20.7 Å². The fraction of sp³-hybridized carbons (Fsp3) is 0.562. The van der Waals surface area contributed by atoms with E-state index < -0.39 is 11.1 Å². The molecule has 5 nitrogen and oxygen atoms in total. The fourth-order valence-corrected chi connectivity index (χ4v) is 3.66. The molecule has 0 radical (unpaired) electrons. The molecule has 1 aromatic carbocycles. The number of urea groups is 1. The normalized spacial score (nSPS) is 24.7. The number of nitrogens with zero attached hydrogens (tertiary/aromatic N) is 1. The van der Waals surface area contributed by atoms with Crippen molar-refractivity contribution in [2.24, 2.45) is 5.73 Å². The van der Waals surface area contributed by atoms with E-state index in [2.05, 4.69) is 32.2 Å². The number of methoxy groups -OCH3 is 1. The van der Waals surface area contributed by atoms with Crippen molar-refractivity contribution in [1.82, 2.24) is 10.2 Å². The van der Waals surface area contributed by atoms with Crippen molar-refractivity contribution in [3.63, 3.8) is 0 Å². The van der Waals surface area contributed by atoms with Crippen LogP contribution >= 0.6 is 0 Å². The van der Waals surface area contributed by atoms with Gasteiger partial charge in [-0.15, -0.1) is 0 Å². The molecule has 1 heterocycles. The number of piperazine rings is 1. The topological polar surface area (TPSA) is 67.6 Å². The van der Waals surface area contributed by atoms with E-state index in [1.54, 1.807) is 12.0 Å². The predicted molar refractivity (Wildman–Crippen MR) is 83.3 cm³/mol. The smallest absolute Gasteiger partial charge is 0.315 e. The molecule has 3 N–H and O–H groups in total. The lowest BCUT2D eigenvalue weighted by Gasteiger charge is -2.56. The molecule has 1 atom stereocenters. The van der Waals surface area contributed by atoms with Gasteiger partial charge in [0.05, 0.1) is 18.2 Å². The molecule has 0 bridgehead atoms. The highest BCUT2D eigenvalue weighted by Gasteiger charge is 2.53. The molecule has 0 saturated carbocycles. The van der Waals surface area contributed by atoms with Crippen LogP contribution in [0, 0.1) is 0 Å². The fourth-order valence-electron chi connectivity index (χ4n) is 3.66. The van der Waals surface area contributed by atoms with Crippen LogP contribution in [0.25, 0.3) is 0 Å². The molecule has 0 spiro atoms. The van der Waals surface area contributed by atoms with Crippen LogP contribution in [0.3, 0.4) is 0 Å². The van der Waals surface area contributed by atoms with Gasteiger partial charge in [-0.05, 0) is 26.3 Å². The summed E-state index contributed by atoms with van der Waals surface area (Å²) in [7, 11) is 1.67. The van der Waals surface area contributed by atoms with E-state index in [1.807, 2.05) is 18.2 Å². The van der Waals surface area contributed by atoms with Crippen molar-refractivity contribution < 1.29 is 9.53 Å². The van der Waals surface area contributed by atoms with Gasteiger partial charge in [0.2, 0.25) is 0 Å². The van der Waals surface area contributed by atoms with Crippen LogP contribution in [0.15, 0.2) is 24.3 Å². The van der Waals surface area contributed by atoms with Crippen LogP contribution in [-0.4, -0.2) is 36.7 Å². The zero-order valence-corrected chi connectivity index (χ0v) is 13.3. The van der Waals surface area contributed by atoms with Crippen molar-refractivity contribution in [2.45, 2.75) is 38.3 Å². The minimum Gasteiger partial charge on any atom is -0.496 e. The molecule has 2 rings (SSSR count). The Morgan fingerprint density at radius 2 is 2.10 bits per heavy atom. The second-order valence-corrected chi connectivity index (χ2v) is 5.93. The van der Waals surface area contributed by atoms with Gasteiger partial charge in [0.15, 0.2) is 0 Å². The van der Waals surface area contributed by atoms with Gasteiger partial charge in [-0.25, -0.2) is 4.79 Å². The number of benzene rings is 1. The maximum Gasteiger partial charge on any atom is 0.315 e. The van der Waals surface area contributed by atoms with E-state index in [4.69, 9.17) is 10.5 Å². The van der Waals surface area contributed by atoms with E-state index in [9.17, 15) is 4.79 Å². The first kappa shape index (κ1) is 15.6. The van der Waals surface area contributed by atoms with Crippen molar-refractivity contribution in [2.75, 3.05) is 20.2 Å². The minimum absolute atomic E-state index is 0.380. The predicted octanol–water partition coefficient (Wildman–Crippen LogP) is 2.06. The Kier molecular flexibility index (Phi) is 4.14. The van der Waals surface area contributed by atoms with Crippen molar-refractivity contribution in [3.8, 4) is 5.75 Å². The second-order valence-electron chi connectivity index (χ2n) is 5.93. The van der Waals surface area contributed by atoms with E-state index in [0.717, 1.165) is 17.7 Å². The Hall–Kier alpha value is -1.75. The van der Waals surface area contributed by atoms with E-state index in [0.29, 0.717) is 13.1 Å². The summed E-state index contributed by atoms with van der Waals surface area (Å²) in [6.45, 7) is 7.54. The second kappa shape index (κ2) is 5.56. The van der Waals surface area contributed by atoms with Crippen LogP contribution in [0.2, 0.25) is 0 Å². The highest BCUT2D eigenvalue weighted by molar-refractivity contribution is 5.73. The number of primary amides is 1. The Morgan fingerprint density at radius 3 is 2.67 bits per heavy atom. The van der Waals surface area contributed by atoms with E-state index >= 15 is 0 Å². The van der Waals surface area contributed by atoms with Crippen LogP contribution in [0.4, 0.5) is 4.79 Å². The maximum atomic E-state index is 11.8. The standard InChI is InChI=1S/C16H25N3O2/c1-5-16(12-8-6-7-9-13(12)21-4)15(2,3)19(14(17)20)11-10-18-16/h6-9,18H,5,10-11H2,1-4H3,(H2,17,20). The number of hydrogen-bond donors (Lipinski definition) is 2. The van der Waals surface area contributed by atoms with Crippen LogP contribution in [0.1, 0.15) is 32.8 Å². The highest BCUT2D eigenvalue weighted by Crippen LogP contribution is 2.45. The lowest BCUT2D eigenvalue weighted by molar-refractivity contribution is 0.0121. The van der Waals surface area contributed by atoms with E-state index in [1.165, 1.54) is 0 Å². The molecule has 1 aromatic rings. The Labute approximate surface area is 126 Å². The highest BCUT2D eigenvalue weighted by atomic mass is 16.5. The maximum absolute atomic E-state index is 11.8. The zero-order chi connectivity index (χ0) is 15.7. The first-order valence-corrected chi connectivity index (χ1v) is 7.36. The number of ether oxygens (including phenoxy) is 1. The summed E-state index contributed by atoms with van der Waals surface area (Å²) in [5.74, 6) is 0.825. The molecule has 1 aliphatic heterocycles. The van der Waals surface area contributed by atoms with Gasteiger partial charge in [0.1, 0.15) is 5.75 Å². The lowest BCUT2D eigenvalue weighted by atomic mass is 9.69. The lowest BCUT2D eigenvalue weighted by Crippen LogP contribution is -2.72. The Bertz CT molecular complexity index is 530. The molecule has 1 unspecified atom stereocenters. The monoisotopic (exact) mass is 291 g/mol. The first-order valence-electron chi connectivity index (χ1n) is 7.36. The number of amides is 2. The van der Waals surface area contributed by atoms with Gasteiger partial charge >= 0.3 is 6.03 Å². The Balaban J connectivity index is 2.61. The summed E-state index contributed by atoms with van der Waals surface area (Å²) in [4.78, 5) is 13.6. The largest absolute Gasteiger partial charge is 0.496 e. The van der Waals surface area contributed by atoms with Gasteiger partial charge in [-0.1, -0.05) is 25.1 Å². The molecule has 1 saturated heterocycles. The van der Waals surface area contributed by atoms with Crippen molar-refractivity contribution in [1.29, 1.82) is 0 Å². The van der Waals surface area contributed by atoms with E-state index in [-0.39, 0.29) is 6.03 Å². The van der Waals surface area contributed by atoms with Crippen molar-refractivity contribution >= 4 is 6.03 Å². The van der Waals surface area contributed by atoms with Gasteiger partial charge in [0.25, 0.3) is 0 Å². The molecule has 5 heteroatoms. The molecular formula is C16H25N3O2. The summed E-state index contributed by atoms with van der Waals surface area (Å²) in [5.41, 5.74) is 5.80. The number of carbonyl (C=O) groups excluding carboxylic acids is 1. The number of rotatable bonds is 3. The summed E-state index contributed by atoms with van der Waals surface area (Å²) < 4.78 is 5.54. The van der Waals surface area contributed by atoms with Crippen LogP contribution in [-0.2, 0) is 5.54 Å². The summed E-state index contributed by atoms with van der Waals surface area (Å²) >= 11 is 0. The Morgan fingerprint density at radius 1 is 1.43 bits per heavy atom. The van der Waals surface area contributed by atoms with Crippen molar-refractivity contribution in [3.05, 3.63) is 29.8 Å². The third-order valence-electron chi connectivity index (χ3n) is 4.84. The molecule has 0 aromatic heterocycles. The number of para-hydroxylation sites is 1. The average Bonchev–Trinajstić information content (AvgIpc) is 2.46. The first-order chi connectivity index (χ1) is 9.90. The van der Waals surface area contributed by atoms with Gasteiger partial charge in [-0.2, -0.15) is 0 Å². The quantitative estimate of drug-likeness (QED) is 0.896. The van der Waals surface area contributed by atoms with Crippen LogP contribution < -0.4 is 15.8 Å². The molecule has 21 heavy (non-hydrogen) atoms. The molecular weight excluding hydrogens is 266 g/mol. The number of hydrogen-bond acceptors (Lipinski definition) is 3. The molecule has 0 aliphatic carbocycles. The number of carbonyl (C=O) groups is 1. The third-order valence-corrected chi connectivity index (χ3v) is 4.84. The molecule has 1 fully saturated rings. The molecule has 116 valence electrons. The third kappa shape index (κ3) is 2.25.